The molecule has 0 bridgehead atoms. The van der Waals surface area contributed by atoms with E-state index < -0.39 is 11.9 Å². The molecule has 108 valence electrons. The van der Waals surface area contributed by atoms with Crippen LogP contribution in [0.5, 0.6) is 0 Å². The Kier molecular flexibility index (Phi) is 24.8. The van der Waals surface area contributed by atoms with Crippen LogP contribution in [0.2, 0.25) is 0 Å². The second kappa shape index (κ2) is 21.2. The molecule has 0 saturated heterocycles. The van der Waals surface area contributed by atoms with Crippen molar-refractivity contribution in [3.63, 3.8) is 0 Å². The third-order valence-electron chi connectivity index (χ3n) is 0.978. The largest absolute Gasteiger partial charge is 0.481 e. The maximum absolute atomic E-state index is 9.46. The molecule has 0 rings (SSSR count). The number of terminal acetylenes is 2. The number of hydrogen-bond donors (Lipinski definition) is 4. The van der Waals surface area contributed by atoms with Crippen LogP contribution in [0.4, 0.5) is 0 Å². The zero-order valence-corrected chi connectivity index (χ0v) is 10.4. The standard InChI is InChI=1S/C4H10O3.2C4H4O2/c5-1-3-7-4-2-6;2*1-2-3-4(5)6/h5-6H,1-4H2;2*1H,3H2,(H,5,6). The van der Waals surface area contributed by atoms with E-state index in [1.807, 2.05) is 11.8 Å². The fourth-order valence-corrected chi connectivity index (χ4v) is 0.406. The van der Waals surface area contributed by atoms with Crippen molar-refractivity contribution in [2.75, 3.05) is 26.4 Å². The summed E-state index contributed by atoms with van der Waals surface area (Å²) in [6, 6.07) is 0. The van der Waals surface area contributed by atoms with Gasteiger partial charge in [0.25, 0.3) is 0 Å². The Hall–Kier alpha value is -2.06. The Labute approximate surface area is 111 Å². The van der Waals surface area contributed by atoms with Gasteiger partial charge in [-0.25, -0.2) is 0 Å². The van der Waals surface area contributed by atoms with Crippen LogP contribution >= 0.6 is 0 Å². The first kappa shape index (κ1) is 22.1. The molecule has 0 saturated carbocycles. The molecule has 0 radical (unpaired) electrons. The average Bonchev–Trinajstić information content (AvgIpc) is 2.31. The molecule has 7 nitrogen and oxygen atoms in total. The van der Waals surface area contributed by atoms with Crippen LogP contribution in [0.25, 0.3) is 0 Å². The summed E-state index contributed by atoms with van der Waals surface area (Å²) < 4.78 is 4.63. The van der Waals surface area contributed by atoms with Gasteiger partial charge in [0.05, 0.1) is 26.4 Å². The zero-order valence-electron chi connectivity index (χ0n) is 10.4. The van der Waals surface area contributed by atoms with E-state index in [1.54, 1.807) is 0 Å². The average molecular weight is 274 g/mol. The Balaban J connectivity index is -0.000000203. The molecule has 0 atom stereocenters. The lowest BCUT2D eigenvalue weighted by atomic mass is 10.5. The molecular formula is C12H18O7. The van der Waals surface area contributed by atoms with Gasteiger partial charge < -0.3 is 25.2 Å². The highest BCUT2D eigenvalue weighted by Crippen LogP contribution is 1.69. The van der Waals surface area contributed by atoms with Gasteiger partial charge in [0, 0.05) is 0 Å². The van der Waals surface area contributed by atoms with Crippen LogP contribution in [-0.2, 0) is 14.3 Å². The highest BCUT2D eigenvalue weighted by Gasteiger charge is 1.85. The van der Waals surface area contributed by atoms with Gasteiger partial charge in [-0.1, -0.05) is 11.8 Å². The van der Waals surface area contributed by atoms with E-state index in [9.17, 15) is 9.59 Å². The number of ether oxygens (including phenoxy) is 1. The SMILES string of the molecule is C#CCC(=O)O.C#CCC(=O)O.OCCOCCO. The monoisotopic (exact) mass is 274 g/mol. The number of aliphatic hydroxyl groups is 2. The summed E-state index contributed by atoms with van der Waals surface area (Å²) in [6.45, 7) is 0.696. The molecule has 0 aliphatic rings. The van der Waals surface area contributed by atoms with Crippen molar-refractivity contribution < 1.29 is 34.8 Å². The van der Waals surface area contributed by atoms with E-state index in [0.717, 1.165) is 0 Å². The number of carboxylic acid groups (broad SMARTS) is 2. The van der Waals surface area contributed by atoms with Gasteiger partial charge in [-0.15, -0.1) is 12.8 Å². The van der Waals surface area contributed by atoms with E-state index in [4.69, 9.17) is 20.4 Å². The lowest BCUT2D eigenvalue weighted by molar-refractivity contribution is -0.136. The second-order valence-corrected chi connectivity index (χ2v) is 2.61. The molecule has 0 aliphatic heterocycles. The highest BCUT2D eigenvalue weighted by molar-refractivity contribution is 5.69. The molecule has 0 heterocycles. The Morgan fingerprint density at radius 1 is 0.895 bits per heavy atom. The first-order valence-corrected chi connectivity index (χ1v) is 5.06. The third-order valence-corrected chi connectivity index (χ3v) is 0.978. The fourth-order valence-electron chi connectivity index (χ4n) is 0.406. The molecule has 0 aliphatic carbocycles. The first-order chi connectivity index (χ1) is 8.95. The lowest BCUT2D eigenvalue weighted by Crippen LogP contribution is -2.03. The van der Waals surface area contributed by atoms with Gasteiger partial charge in [-0.05, 0) is 0 Å². The van der Waals surface area contributed by atoms with E-state index in [0.29, 0.717) is 13.2 Å². The van der Waals surface area contributed by atoms with Crippen LogP contribution in [-0.4, -0.2) is 58.8 Å². The number of aliphatic carboxylic acids is 2. The highest BCUT2D eigenvalue weighted by atomic mass is 16.5. The van der Waals surface area contributed by atoms with Gasteiger partial charge >= 0.3 is 11.9 Å². The van der Waals surface area contributed by atoms with Crippen molar-refractivity contribution in [2.45, 2.75) is 12.8 Å². The van der Waals surface area contributed by atoms with Crippen molar-refractivity contribution in [2.24, 2.45) is 0 Å². The van der Waals surface area contributed by atoms with Crippen molar-refractivity contribution in [1.82, 2.24) is 0 Å². The molecule has 0 aromatic rings. The molecule has 19 heavy (non-hydrogen) atoms. The summed E-state index contributed by atoms with van der Waals surface area (Å²) in [4.78, 5) is 18.9. The zero-order chi connectivity index (χ0) is 15.5. The summed E-state index contributed by atoms with van der Waals surface area (Å²) in [7, 11) is 0. The molecule has 0 spiro atoms. The molecule has 0 amide bonds. The van der Waals surface area contributed by atoms with E-state index >= 15 is 0 Å². The van der Waals surface area contributed by atoms with Gasteiger partial charge in [-0.2, -0.15) is 0 Å². The summed E-state index contributed by atoms with van der Waals surface area (Å²) in [5, 5.41) is 31.7. The summed E-state index contributed by atoms with van der Waals surface area (Å²) in [5.41, 5.74) is 0. The van der Waals surface area contributed by atoms with E-state index in [1.165, 1.54) is 0 Å². The van der Waals surface area contributed by atoms with Crippen LogP contribution in [0.1, 0.15) is 12.8 Å². The van der Waals surface area contributed by atoms with Gasteiger partial charge in [-0.3, -0.25) is 9.59 Å². The maximum atomic E-state index is 9.46. The van der Waals surface area contributed by atoms with Gasteiger partial charge in [0.2, 0.25) is 0 Å². The van der Waals surface area contributed by atoms with Crippen molar-refractivity contribution in [1.29, 1.82) is 0 Å². The molecule has 0 fully saturated rings. The predicted octanol–water partition coefficient (Wildman–Crippen LogP) is -0.824. The summed E-state index contributed by atoms with van der Waals surface area (Å²) >= 11 is 0. The number of rotatable bonds is 6. The minimum absolute atomic E-state index is 0.0278. The van der Waals surface area contributed by atoms with Gasteiger partial charge in [0.15, 0.2) is 0 Å². The lowest BCUT2D eigenvalue weighted by Gasteiger charge is -1.94. The molecule has 0 aromatic carbocycles. The Morgan fingerprint density at radius 2 is 1.21 bits per heavy atom. The quantitative estimate of drug-likeness (QED) is 0.368. The van der Waals surface area contributed by atoms with Crippen LogP contribution in [0.15, 0.2) is 0 Å². The van der Waals surface area contributed by atoms with Crippen molar-refractivity contribution in [3.05, 3.63) is 0 Å². The number of carboxylic acids is 2. The van der Waals surface area contributed by atoms with Crippen LogP contribution < -0.4 is 0 Å². The minimum Gasteiger partial charge on any atom is -0.481 e. The fraction of sp³-hybridized carbons (Fsp3) is 0.500. The Bertz CT molecular complexity index is 268. The second-order valence-electron chi connectivity index (χ2n) is 2.61. The number of hydrogen-bond acceptors (Lipinski definition) is 5. The predicted molar refractivity (Wildman–Crippen MR) is 67.2 cm³/mol. The topological polar surface area (TPSA) is 124 Å². The number of carbonyl (C=O) groups is 2. The third kappa shape index (κ3) is 49.1. The summed E-state index contributed by atoms with van der Waals surface area (Å²) in [6.07, 6.45) is 8.84. The molecule has 7 heteroatoms. The maximum Gasteiger partial charge on any atom is 0.315 e. The van der Waals surface area contributed by atoms with Crippen LogP contribution in [0, 0.1) is 24.7 Å². The molecule has 0 unspecified atom stereocenters. The number of aliphatic hydroxyl groups excluding tert-OH is 2. The molecular weight excluding hydrogens is 256 g/mol. The van der Waals surface area contributed by atoms with Gasteiger partial charge in [0.1, 0.15) is 12.8 Å². The van der Waals surface area contributed by atoms with Crippen molar-refractivity contribution >= 4 is 11.9 Å². The van der Waals surface area contributed by atoms with E-state index in [-0.39, 0.29) is 26.1 Å². The first-order valence-electron chi connectivity index (χ1n) is 5.06. The van der Waals surface area contributed by atoms with E-state index in [2.05, 4.69) is 17.6 Å². The Morgan fingerprint density at radius 3 is 1.32 bits per heavy atom. The molecule has 4 N–H and O–H groups in total. The summed E-state index contributed by atoms with van der Waals surface area (Å²) in [5.74, 6) is 2.04. The van der Waals surface area contributed by atoms with Crippen LogP contribution in [0.3, 0.4) is 0 Å². The van der Waals surface area contributed by atoms with Crippen molar-refractivity contribution in [3.8, 4) is 24.7 Å². The minimum atomic E-state index is -0.947. The smallest absolute Gasteiger partial charge is 0.315 e. The normalized spacial score (nSPS) is 7.58. The molecule has 0 aromatic heterocycles.